The molecule has 20 heavy (non-hydrogen) atoms. The summed E-state index contributed by atoms with van der Waals surface area (Å²) in [6, 6.07) is 0.273. The lowest BCUT2D eigenvalue weighted by Gasteiger charge is -2.21. The molecule has 0 saturated carbocycles. The van der Waals surface area contributed by atoms with E-state index in [-0.39, 0.29) is 11.9 Å². The first-order valence-electron chi connectivity index (χ1n) is 6.60. The molecule has 0 spiro atoms. The van der Waals surface area contributed by atoms with Crippen molar-refractivity contribution in [2.24, 2.45) is 11.1 Å². The van der Waals surface area contributed by atoms with Crippen molar-refractivity contribution >= 4 is 17.8 Å². The largest absolute Gasteiger partial charge is 0.464 e. The van der Waals surface area contributed by atoms with Crippen molar-refractivity contribution in [2.75, 3.05) is 37.0 Å². The van der Waals surface area contributed by atoms with Crippen LogP contribution >= 0.6 is 0 Å². The lowest BCUT2D eigenvalue weighted by Crippen LogP contribution is -2.37. The van der Waals surface area contributed by atoms with E-state index >= 15 is 0 Å². The summed E-state index contributed by atoms with van der Waals surface area (Å²) in [5.74, 6) is 0.636. The van der Waals surface area contributed by atoms with Crippen LogP contribution in [0, 0.1) is 5.41 Å². The molecule has 8 heteroatoms. The van der Waals surface area contributed by atoms with E-state index in [0.29, 0.717) is 38.0 Å². The molecule has 8 nitrogen and oxygen atoms in total. The molecule has 0 aliphatic carbocycles. The molecule has 3 N–H and O–H groups in total. The van der Waals surface area contributed by atoms with Crippen LogP contribution in [0.3, 0.4) is 0 Å². The SMILES string of the molecule is CCOc1nc(NC)nc(N2CCC(C)(C(N)=O)C2)n1. The van der Waals surface area contributed by atoms with Gasteiger partial charge in [0, 0.05) is 20.1 Å². The fourth-order valence-corrected chi connectivity index (χ4v) is 2.13. The summed E-state index contributed by atoms with van der Waals surface area (Å²) in [6.07, 6.45) is 0.687. The number of anilines is 2. The summed E-state index contributed by atoms with van der Waals surface area (Å²) in [5, 5.41) is 2.87. The lowest BCUT2D eigenvalue weighted by molar-refractivity contribution is -0.125. The molecule has 1 atom stereocenters. The maximum atomic E-state index is 11.5. The molecule has 1 aromatic heterocycles. The number of rotatable bonds is 5. The average molecular weight is 280 g/mol. The van der Waals surface area contributed by atoms with Gasteiger partial charge in [-0.2, -0.15) is 15.0 Å². The van der Waals surface area contributed by atoms with Gasteiger partial charge in [0.25, 0.3) is 0 Å². The number of primary amides is 1. The Kier molecular flexibility index (Phi) is 3.91. The molecular formula is C12H20N6O2. The topological polar surface area (TPSA) is 106 Å². The second-order valence-corrected chi connectivity index (χ2v) is 5.02. The number of amides is 1. The Bertz CT molecular complexity index is 509. The molecule has 1 saturated heterocycles. The van der Waals surface area contributed by atoms with Crippen molar-refractivity contribution in [1.29, 1.82) is 0 Å². The van der Waals surface area contributed by atoms with Gasteiger partial charge in [-0.25, -0.2) is 0 Å². The number of nitrogens with one attached hydrogen (secondary N) is 1. The molecule has 1 aromatic rings. The highest BCUT2D eigenvalue weighted by molar-refractivity contribution is 5.81. The van der Waals surface area contributed by atoms with E-state index in [1.807, 2.05) is 18.7 Å². The van der Waals surface area contributed by atoms with Gasteiger partial charge >= 0.3 is 6.01 Å². The number of ether oxygens (including phenoxy) is 1. The predicted octanol–water partition coefficient (Wildman–Crippen LogP) is 0.0137. The fourth-order valence-electron chi connectivity index (χ4n) is 2.13. The number of carbonyl (C=O) groups is 1. The van der Waals surface area contributed by atoms with E-state index in [9.17, 15) is 4.79 Å². The van der Waals surface area contributed by atoms with Crippen LogP contribution < -0.4 is 20.7 Å². The first-order valence-corrected chi connectivity index (χ1v) is 6.60. The third kappa shape index (κ3) is 2.73. The molecule has 1 aliphatic rings. The molecule has 2 rings (SSSR count). The summed E-state index contributed by atoms with van der Waals surface area (Å²) in [4.78, 5) is 26.1. The number of aromatic nitrogens is 3. The summed E-state index contributed by atoms with van der Waals surface area (Å²) in [7, 11) is 1.73. The third-order valence-electron chi connectivity index (χ3n) is 3.45. The molecule has 0 aromatic carbocycles. The van der Waals surface area contributed by atoms with Gasteiger partial charge in [0.1, 0.15) is 0 Å². The van der Waals surface area contributed by atoms with Crippen LogP contribution in [-0.4, -0.2) is 47.6 Å². The van der Waals surface area contributed by atoms with E-state index in [0.717, 1.165) is 0 Å². The molecule has 1 unspecified atom stereocenters. The maximum absolute atomic E-state index is 11.5. The van der Waals surface area contributed by atoms with Gasteiger partial charge in [-0.3, -0.25) is 4.79 Å². The molecular weight excluding hydrogens is 260 g/mol. The Hall–Kier alpha value is -2.12. The van der Waals surface area contributed by atoms with Crippen LogP contribution in [-0.2, 0) is 4.79 Å². The monoisotopic (exact) mass is 280 g/mol. The predicted molar refractivity (Wildman–Crippen MR) is 74.7 cm³/mol. The molecule has 1 aliphatic heterocycles. The van der Waals surface area contributed by atoms with Gasteiger partial charge in [0.05, 0.1) is 12.0 Å². The molecule has 1 fully saturated rings. The summed E-state index contributed by atoms with van der Waals surface area (Å²) in [6.45, 7) is 5.38. The third-order valence-corrected chi connectivity index (χ3v) is 3.45. The van der Waals surface area contributed by atoms with Gasteiger partial charge in [-0.05, 0) is 20.3 Å². The Balaban J connectivity index is 2.25. The van der Waals surface area contributed by atoms with Gasteiger partial charge in [-0.1, -0.05) is 0 Å². The highest BCUT2D eigenvalue weighted by atomic mass is 16.5. The van der Waals surface area contributed by atoms with Crippen LogP contribution in [0.2, 0.25) is 0 Å². The number of nitrogens with two attached hydrogens (primary N) is 1. The molecule has 1 amide bonds. The number of nitrogens with zero attached hydrogens (tertiary/aromatic N) is 4. The van der Waals surface area contributed by atoms with E-state index in [1.54, 1.807) is 7.05 Å². The van der Waals surface area contributed by atoms with E-state index < -0.39 is 5.41 Å². The van der Waals surface area contributed by atoms with Gasteiger partial charge in [0.2, 0.25) is 17.8 Å². The Morgan fingerprint density at radius 1 is 1.50 bits per heavy atom. The molecule has 0 bridgehead atoms. The van der Waals surface area contributed by atoms with Crippen LogP contribution in [0.4, 0.5) is 11.9 Å². The van der Waals surface area contributed by atoms with Crippen molar-refractivity contribution < 1.29 is 9.53 Å². The lowest BCUT2D eigenvalue weighted by atomic mass is 9.89. The number of hydrogen-bond donors (Lipinski definition) is 2. The van der Waals surface area contributed by atoms with E-state index in [2.05, 4.69) is 20.3 Å². The Morgan fingerprint density at radius 2 is 2.25 bits per heavy atom. The van der Waals surface area contributed by atoms with Gasteiger partial charge in [-0.15, -0.1) is 0 Å². The van der Waals surface area contributed by atoms with Crippen molar-refractivity contribution in [1.82, 2.24) is 15.0 Å². The van der Waals surface area contributed by atoms with Gasteiger partial charge < -0.3 is 20.7 Å². The zero-order valence-electron chi connectivity index (χ0n) is 12.0. The van der Waals surface area contributed by atoms with Crippen LogP contribution in [0.1, 0.15) is 20.3 Å². The average Bonchev–Trinajstić information content (AvgIpc) is 2.83. The highest BCUT2D eigenvalue weighted by Gasteiger charge is 2.40. The highest BCUT2D eigenvalue weighted by Crippen LogP contribution is 2.32. The minimum Gasteiger partial charge on any atom is -0.464 e. The molecule has 0 radical (unpaired) electrons. The number of hydrogen-bond acceptors (Lipinski definition) is 7. The fraction of sp³-hybridized carbons (Fsp3) is 0.667. The molecule has 110 valence electrons. The minimum atomic E-state index is -0.543. The first kappa shape index (κ1) is 14.3. The van der Waals surface area contributed by atoms with E-state index in [4.69, 9.17) is 10.5 Å². The van der Waals surface area contributed by atoms with E-state index in [1.165, 1.54) is 0 Å². The first-order chi connectivity index (χ1) is 9.48. The van der Waals surface area contributed by atoms with Crippen LogP contribution in [0.25, 0.3) is 0 Å². The zero-order valence-corrected chi connectivity index (χ0v) is 12.0. The number of carbonyl (C=O) groups excluding carboxylic acids is 1. The second kappa shape index (κ2) is 5.48. The van der Waals surface area contributed by atoms with Gasteiger partial charge in [0.15, 0.2) is 0 Å². The second-order valence-electron chi connectivity index (χ2n) is 5.02. The molecule has 2 heterocycles. The quantitative estimate of drug-likeness (QED) is 0.782. The Morgan fingerprint density at radius 3 is 2.80 bits per heavy atom. The van der Waals surface area contributed by atoms with Crippen LogP contribution in [0.15, 0.2) is 0 Å². The normalized spacial score (nSPS) is 21.9. The standard InChI is InChI=1S/C12H20N6O2/c1-4-20-11-16-9(14-3)15-10(17-11)18-6-5-12(2,7-18)8(13)19/h4-7H2,1-3H3,(H2,13,19)(H,14,15,16,17). The summed E-state index contributed by atoms with van der Waals surface area (Å²) < 4.78 is 5.33. The minimum absolute atomic E-state index is 0.273. The maximum Gasteiger partial charge on any atom is 0.323 e. The smallest absolute Gasteiger partial charge is 0.323 e. The van der Waals surface area contributed by atoms with Crippen molar-refractivity contribution in [3.8, 4) is 6.01 Å². The van der Waals surface area contributed by atoms with Crippen LogP contribution in [0.5, 0.6) is 6.01 Å². The van der Waals surface area contributed by atoms with Crippen molar-refractivity contribution in [2.45, 2.75) is 20.3 Å². The van der Waals surface area contributed by atoms with Crippen molar-refractivity contribution in [3.05, 3.63) is 0 Å². The summed E-state index contributed by atoms with van der Waals surface area (Å²) >= 11 is 0. The zero-order chi connectivity index (χ0) is 14.8. The Labute approximate surface area is 117 Å². The summed E-state index contributed by atoms with van der Waals surface area (Å²) in [5.41, 5.74) is 4.91. The van der Waals surface area contributed by atoms with Crippen molar-refractivity contribution in [3.63, 3.8) is 0 Å².